The van der Waals surface area contributed by atoms with Gasteiger partial charge in [0, 0.05) is 23.9 Å². The standard InChI is InChI=1S/C17H27N3/c1-5-18-15-10-14(17(2,3)4)19-16(20-15)13-9-11-6-7-12(13)8-11/h10-13H,5-9H2,1-4H3,(H,18,19,20). The van der Waals surface area contributed by atoms with Crippen LogP contribution in [0.25, 0.3) is 0 Å². The Bertz CT molecular complexity index is 489. The summed E-state index contributed by atoms with van der Waals surface area (Å²) >= 11 is 0. The van der Waals surface area contributed by atoms with Crippen molar-refractivity contribution >= 4 is 5.82 Å². The van der Waals surface area contributed by atoms with E-state index in [1.165, 1.54) is 31.4 Å². The highest BCUT2D eigenvalue weighted by Gasteiger charge is 2.42. The molecule has 0 saturated heterocycles. The molecule has 0 spiro atoms. The van der Waals surface area contributed by atoms with Gasteiger partial charge in [0.15, 0.2) is 0 Å². The first-order valence-corrected chi connectivity index (χ1v) is 8.10. The van der Waals surface area contributed by atoms with Crippen molar-refractivity contribution in [2.24, 2.45) is 11.8 Å². The maximum absolute atomic E-state index is 4.94. The van der Waals surface area contributed by atoms with Crippen LogP contribution >= 0.6 is 0 Å². The van der Waals surface area contributed by atoms with E-state index in [1.54, 1.807) is 0 Å². The molecule has 3 heteroatoms. The van der Waals surface area contributed by atoms with E-state index in [0.29, 0.717) is 5.92 Å². The second-order valence-electron chi connectivity index (χ2n) is 7.56. The molecule has 3 nitrogen and oxygen atoms in total. The molecule has 2 aliphatic rings. The molecule has 1 aromatic rings. The predicted molar refractivity (Wildman–Crippen MR) is 83.1 cm³/mol. The van der Waals surface area contributed by atoms with Gasteiger partial charge in [-0.1, -0.05) is 27.2 Å². The molecule has 0 aliphatic heterocycles. The molecular formula is C17H27N3. The summed E-state index contributed by atoms with van der Waals surface area (Å²) in [5, 5.41) is 3.38. The third-order valence-corrected chi connectivity index (χ3v) is 4.94. The van der Waals surface area contributed by atoms with E-state index in [-0.39, 0.29) is 5.41 Å². The molecule has 1 aromatic heterocycles. The molecule has 20 heavy (non-hydrogen) atoms. The second-order valence-corrected chi connectivity index (χ2v) is 7.56. The van der Waals surface area contributed by atoms with Crippen molar-refractivity contribution in [1.82, 2.24) is 9.97 Å². The molecule has 2 fully saturated rings. The first kappa shape index (κ1) is 13.8. The van der Waals surface area contributed by atoms with Gasteiger partial charge in [-0.15, -0.1) is 0 Å². The number of rotatable bonds is 3. The van der Waals surface area contributed by atoms with Crippen LogP contribution in [-0.4, -0.2) is 16.5 Å². The van der Waals surface area contributed by atoms with E-state index in [9.17, 15) is 0 Å². The lowest BCUT2D eigenvalue weighted by atomic mass is 9.87. The van der Waals surface area contributed by atoms with Crippen LogP contribution in [0.5, 0.6) is 0 Å². The Balaban J connectivity index is 1.95. The molecule has 2 bridgehead atoms. The molecule has 2 aliphatic carbocycles. The summed E-state index contributed by atoms with van der Waals surface area (Å²) in [6.45, 7) is 9.73. The van der Waals surface area contributed by atoms with Crippen LogP contribution in [-0.2, 0) is 5.41 Å². The SMILES string of the molecule is CCNc1cc(C(C)(C)C)nc(C2CC3CCC2C3)n1. The largest absolute Gasteiger partial charge is 0.370 e. The molecule has 0 radical (unpaired) electrons. The summed E-state index contributed by atoms with van der Waals surface area (Å²) in [5.41, 5.74) is 1.25. The summed E-state index contributed by atoms with van der Waals surface area (Å²) in [6.07, 6.45) is 5.53. The molecule has 3 atom stereocenters. The minimum Gasteiger partial charge on any atom is -0.370 e. The van der Waals surface area contributed by atoms with Gasteiger partial charge >= 0.3 is 0 Å². The Labute approximate surface area is 122 Å². The molecule has 1 heterocycles. The van der Waals surface area contributed by atoms with Crippen molar-refractivity contribution < 1.29 is 0 Å². The van der Waals surface area contributed by atoms with Crippen molar-refractivity contribution in [3.8, 4) is 0 Å². The first-order valence-electron chi connectivity index (χ1n) is 8.10. The Hall–Kier alpha value is -1.12. The van der Waals surface area contributed by atoms with Crippen LogP contribution in [0.15, 0.2) is 6.07 Å². The Morgan fingerprint density at radius 1 is 1.20 bits per heavy atom. The molecule has 0 aromatic carbocycles. The molecule has 3 rings (SSSR count). The van der Waals surface area contributed by atoms with E-state index < -0.39 is 0 Å². The van der Waals surface area contributed by atoms with Gasteiger partial charge in [-0.3, -0.25) is 0 Å². The number of anilines is 1. The quantitative estimate of drug-likeness (QED) is 0.900. The van der Waals surface area contributed by atoms with Gasteiger partial charge in [-0.2, -0.15) is 0 Å². The smallest absolute Gasteiger partial charge is 0.134 e. The predicted octanol–water partition coefficient (Wildman–Crippen LogP) is 4.11. The topological polar surface area (TPSA) is 37.8 Å². The van der Waals surface area contributed by atoms with Crippen molar-refractivity contribution in [1.29, 1.82) is 0 Å². The van der Waals surface area contributed by atoms with Gasteiger partial charge in [-0.25, -0.2) is 9.97 Å². The lowest BCUT2D eigenvalue weighted by molar-refractivity contribution is 0.402. The number of hydrogen-bond donors (Lipinski definition) is 1. The number of fused-ring (bicyclic) bond motifs is 2. The Morgan fingerprint density at radius 3 is 2.55 bits per heavy atom. The minimum atomic E-state index is 0.0828. The summed E-state index contributed by atoms with van der Waals surface area (Å²) in [7, 11) is 0. The number of nitrogens with zero attached hydrogens (tertiary/aromatic N) is 2. The average Bonchev–Trinajstić information content (AvgIpc) is 3.00. The number of hydrogen-bond acceptors (Lipinski definition) is 3. The molecule has 2 saturated carbocycles. The highest BCUT2D eigenvalue weighted by atomic mass is 15.0. The van der Waals surface area contributed by atoms with Crippen LogP contribution in [0.2, 0.25) is 0 Å². The van der Waals surface area contributed by atoms with Crippen molar-refractivity contribution in [2.45, 2.75) is 64.7 Å². The monoisotopic (exact) mass is 273 g/mol. The van der Waals surface area contributed by atoms with E-state index in [1.807, 2.05) is 0 Å². The maximum atomic E-state index is 4.94. The van der Waals surface area contributed by atoms with Crippen LogP contribution < -0.4 is 5.32 Å². The third-order valence-electron chi connectivity index (χ3n) is 4.94. The Kier molecular flexibility index (Phi) is 3.47. The van der Waals surface area contributed by atoms with Gasteiger partial charge in [0.2, 0.25) is 0 Å². The fourth-order valence-corrected chi connectivity index (χ4v) is 3.85. The van der Waals surface area contributed by atoms with Crippen LogP contribution in [0.1, 0.15) is 70.8 Å². The zero-order valence-electron chi connectivity index (χ0n) is 13.2. The zero-order valence-corrected chi connectivity index (χ0v) is 13.2. The van der Waals surface area contributed by atoms with Crippen molar-refractivity contribution in [2.75, 3.05) is 11.9 Å². The highest BCUT2D eigenvalue weighted by molar-refractivity contribution is 5.38. The summed E-state index contributed by atoms with van der Waals surface area (Å²) in [5.74, 6) is 4.48. The van der Waals surface area contributed by atoms with Crippen LogP contribution in [0.4, 0.5) is 5.82 Å². The van der Waals surface area contributed by atoms with Crippen LogP contribution in [0, 0.1) is 11.8 Å². The fraction of sp³-hybridized carbons (Fsp3) is 0.765. The fourth-order valence-electron chi connectivity index (χ4n) is 3.85. The zero-order chi connectivity index (χ0) is 14.3. The third kappa shape index (κ3) is 2.55. The Morgan fingerprint density at radius 2 is 2.00 bits per heavy atom. The lowest BCUT2D eigenvalue weighted by Gasteiger charge is -2.24. The lowest BCUT2D eigenvalue weighted by Crippen LogP contribution is -2.20. The van der Waals surface area contributed by atoms with Crippen molar-refractivity contribution in [3.05, 3.63) is 17.6 Å². The van der Waals surface area contributed by atoms with Gasteiger partial charge < -0.3 is 5.32 Å². The summed E-state index contributed by atoms with van der Waals surface area (Å²) < 4.78 is 0. The van der Waals surface area contributed by atoms with E-state index in [0.717, 1.165) is 30.0 Å². The molecule has 110 valence electrons. The average molecular weight is 273 g/mol. The van der Waals surface area contributed by atoms with Gasteiger partial charge in [0.1, 0.15) is 11.6 Å². The molecule has 1 N–H and O–H groups in total. The number of nitrogens with one attached hydrogen (secondary N) is 1. The van der Waals surface area contributed by atoms with E-state index in [2.05, 4.69) is 39.1 Å². The van der Waals surface area contributed by atoms with Gasteiger partial charge in [-0.05, 0) is 38.0 Å². The van der Waals surface area contributed by atoms with E-state index in [4.69, 9.17) is 9.97 Å². The normalized spacial score (nSPS) is 28.9. The van der Waals surface area contributed by atoms with Crippen molar-refractivity contribution in [3.63, 3.8) is 0 Å². The van der Waals surface area contributed by atoms with Crippen LogP contribution in [0.3, 0.4) is 0 Å². The minimum absolute atomic E-state index is 0.0828. The summed E-state index contributed by atoms with van der Waals surface area (Å²) in [6, 6.07) is 2.13. The van der Waals surface area contributed by atoms with Gasteiger partial charge in [0.05, 0.1) is 5.69 Å². The molecular weight excluding hydrogens is 246 g/mol. The summed E-state index contributed by atoms with van der Waals surface area (Å²) in [4.78, 5) is 9.75. The maximum Gasteiger partial charge on any atom is 0.134 e. The second kappa shape index (κ2) is 5.01. The number of aromatic nitrogens is 2. The molecule has 0 amide bonds. The first-order chi connectivity index (χ1) is 9.47. The van der Waals surface area contributed by atoms with E-state index >= 15 is 0 Å². The molecule has 3 unspecified atom stereocenters. The van der Waals surface area contributed by atoms with Gasteiger partial charge in [0.25, 0.3) is 0 Å². The highest BCUT2D eigenvalue weighted by Crippen LogP contribution is 2.52.